The Kier molecular flexibility index (Phi) is 13.7. The van der Waals surface area contributed by atoms with E-state index in [1.807, 2.05) is 48.5 Å². The topological polar surface area (TPSA) is 170 Å². The van der Waals surface area contributed by atoms with Crippen molar-refractivity contribution in [3.63, 3.8) is 0 Å². The fourth-order valence-electron chi connectivity index (χ4n) is 3.17. The highest BCUT2D eigenvalue weighted by atomic mass is 16.7. The summed E-state index contributed by atoms with van der Waals surface area (Å²) < 4.78 is 31.0. The van der Waals surface area contributed by atoms with Crippen molar-refractivity contribution in [3.05, 3.63) is 23.8 Å². The van der Waals surface area contributed by atoms with Crippen LogP contribution >= 0.6 is 0 Å². The monoisotopic (exact) mass is 569 g/mol. The molecule has 2 unspecified atom stereocenters. The predicted octanol–water partition coefficient (Wildman–Crippen LogP) is 5.50. The van der Waals surface area contributed by atoms with Crippen LogP contribution < -0.4 is 15.2 Å². The van der Waals surface area contributed by atoms with E-state index >= 15 is 0 Å². The van der Waals surface area contributed by atoms with Crippen molar-refractivity contribution in [2.75, 3.05) is 19.8 Å². The first-order valence-corrected chi connectivity index (χ1v) is 13.1. The third kappa shape index (κ3) is 13.5. The molecule has 12 nitrogen and oxygen atoms in total. The summed E-state index contributed by atoms with van der Waals surface area (Å²) in [5.74, 6) is -2.48. The molecule has 1 aromatic rings. The van der Waals surface area contributed by atoms with Crippen LogP contribution in [0.15, 0.2) is 18.2 Å². The molecule has 0 saturated heterocycles. The van der Waals surface area contributed by atoms with Gasteiger partial charge in [0.15, 0.2) is 11.5 Å². The van der Waals surface area contributed by atoms with Crippen molar-refractivity contribution >= 4 is 24.4 Å². The fraction of sp³-hybridized carbons (Fsp3) is 0.643. The number of ether oxygens (including phenoxy) is 6. The first kappa shape index (κ1) is 34.5. The van der Waals surface area contributed by atoms with Crippen molar-refractivity contribution in [2.45, 2.75) is 79.9 Å². The van der Waals surface area contributed by atoms with Crippen LogP contribution in [-0.2, 0) is 23.7 Å². The summed E-state index contributed by atoms with van der Waals surface area (Å²) in [7, 11) is 0. The van der Waals surface area contributed by atoms with Gasteiger partial charge in [-0.1, -0.05) is 54.5 Å². The van der Waals surface area contributed by atoms with E-state index < -0.39 is 42.5 Å². The van der Waals surface area contributed by atoms with Gasteiger partial charge >= 0.3 is 24.4 Å². The maximum Gasteiger partial charge on any atom is 0.513 e. The number of carbonyl (C=O) groups is 4. The molecular formula is C28H43NO11. The summed E-state index contributed by atoms with van der Waals surface area (Å²) in [5.41, 5.74) is 6.05. The van der Waals surface area contributed by atoms with Crippen LogP contribution in [0.1, 0.15) is 73.3 Å². The van der Waals surface area contributed by atoms with Gasteiger partial charge in [0.1, 0.15) is 12.1 Å². The van der Waals surface area contributed by atoms with Crippen molar-refractivity contribution in [1.82, 2.24) is 0 Å². The van der Waals surface area contributed by atoms with Gasteiger partial charge in [0, 0.05) is 5.92 Å². The Morgan fingerprint density at radius 2 is 1.35 bits per heavy atom. The van der Waals surface area contributed by atoms with E-state index in [2.05, 4.69) is 0 Å². The maximum absolute atomic E-state index is 12.3. The lowest BCUT2D eigenvalue weighted by Gasteiger charge is -2.25. The van der Waals surface area contributed by atoms with E-state index in [0.717, 1.165) is 0 Å². The summed E-state index contributed by atoms with van der Waals surface area (Å²) in [5, 5.41) is 9.65. The fourth-order valence-corrected chi connectivity index (χ4v) is 3.17. The zero-order valence-electron chi connectivity index (χ0n) is 24.6. The van der Waals surface area contributed by atoms with Gasteiger partial charge in [-0.2, -0.15) is 0 Å². The van der Waals surface area contributed by atoms with Crippen LogP contribution in [0, 0.1) is 17.3 Å². The lowest BCUT2D eigenvalue weighted by atomic mass is 9.87. The first-order valence-electron chi connectivity index (χ1n) is 13.1. The number of hydrogen-bond donors (Lipinski definition) is 2. The summed E-state index contributed by atoms with van der Waals surface area (Å²) in [6, 6.07) is 2.69. The summed E-state index contributed by atoms with van der Waals surface area (Å²) in [4.78, 5) is 48.5. The number of hydrogen-bond acceptors (Lipinski definition) is 11. The predicted molar refractivity (Wildman–Crippen MR) is 144 cm³/mol. The third-order valence-electron chi connectivity index (χ3n) is 5.08. The first-order chi connectivity index (χ1) is 18.5. The van der Waals surface area contributed by atoms with Gasteiger partial charge in [-0.15, -0.1) is 0 Å². The molecule has 12 heteroatoms. The lowest BCUT2D eigenvalue weighted by Crippen LogP contribution is -2.38. The molecule has 0 spiro atoms. The van der Waals surface area contributed by atoms with Crippen molar-refractivity contribution < 1.29 is 52.7 Å². The molecule has 1 aromatic carbocycles. The molecule has 0 bridgehead atoms. The normalized spacial score (nSPS) is 13.7. The molecule has 0 aliphatic rings. The number of carbonyl (C=O) groups excluding carboxylic acids is 3. The van der Waals surface area contributed by atoms with Gasteiger partial charge in [-0.05, 0) is 48.3 Å². The molecule has 0 radical (unpaired) electrons. The Morgan fingerprint density at radius 1 is 0.825 bits per heavy atom. The standard InChI is InChI=1S/C28H43NO11/c1-16(2)13-35-25(32)39-21-10-9-19(12-22(21)40-26(33)36-14-17(3)4)20(23(29)24(30)31)11-18(5)38-27(34)37-15-28(6,7)8/h9-10,12,16-18,20,23H,11,13-15,29H2,1-8H3,(H,30,31)/t18?,20?,23-/m0/s1. The molecule has 0 aliphatic heterocycles. The molecule has 0 amide bonds. The Balaban J connectivity index is 3.26. The molecule has 40 heavy (non-hydrogen) atoms. The zero-order valence-corrected chi connectivity index (χ0v) is 24.6. The minimum Gasteiger partial charge on any atom is -0.480 e. The second kappa shape index (κ2) is 15.9. The van der Waals surface area contributed by atoms with Gasteiger partial charge in [-0.3, -0.25) is 4.79 Å². The number of rotatable bonds is 13. The number of benzene rings is 1. The van der Waals surface area contributed by atoms with Gasteiger partial charge in [-0.25, -0.2) is 14.4 Å². The van der Waals surface area contributed by atoms with Crippen molar-refractivity contribution in [3.8, 4) is 11.5 Å². The SMILES string of the molecule is CC(C)COC(=O)Oc1ccc(C(CC(C)OC(=O)OCC(C)(C)C)[C@H](N)C(=O)O)cc1OC(=O)OCC(C)C. The Bertz CT molecular complexity index is 1000. The quantitative estimate of drug-likeness (QED) is 0.174. The second-order valence-corrected chi connectivity index (χ2v) is 11.6. The third-order valence-corrected chi connectivity index (χ3v) is 5.08. The average molecular weight is 570 g/mol. The summed E-state index contributed by atoms with van der Waals surface area (Å²) >= 11 is 0. The molecule has 0 saturated carbocycles. The average Bonchev–Trinajstić information content (AvgIpc) is 2.83. The zero-order chi connectivity index (χ0) is 30.6. The highest BCUT2D eigenvalue weighted by Crippen LogP contribution is 2.35. The summed E-state index contributed by atoms with van der Waals surface area (Å²) in [6.45, 7) is 14.9. The molecular weight excluding hydrogens is 526 g/mol. The van der Waals surface area contributed by atoms with Crippen LogP contribution in [0.4, 0.5) is 14.4 Å². The Hall–Kier alpha value is -3.54. The number of nitrogens with two attached hydrogens (primary N) is 1. The Labute approximate surface area is 235 Å². The van der Waals surface area contributed by atoms with E-state index in [4.69, 9.17) is 34.2 Å². The van der Waals surface area contributed by atoms with Gasteiger partial charge in [0.25, 0.3) is 0 Å². The summed E-state index contributed by atoms with van der Waals surface area (Å²) in [6.07, 6.45) is -3.76. The molecule has 0 aliphatic carbocycles. The molecule has 0 heterocycles. The largest absolute Gasteiger partial charge is 0.513 e. The molecule has 3 atom stereocenters. The van der Waals surface area contributed by atoms with Crippen LogP contribution in [0.2, 0.25) is 0 Å². The van der Waals surface area contributed by atoms with Crippen molar-refractivity contribution in [1.29, 1.82) is 0 Å². The van der Waals surface area contributed by atoms with E-state index in [1.54, 1.807) is 6.92 Å². The van der Waals surface area contributed by atoms with E-state index in [9.17, 15) is 24.3 Å². The highest BCUT2D eigenvalue weighted by molar-refractivity contribution is 5.75. The molecule has 0 fully saturated rings. The number of aliphatic carboxylic acids is 1. The van der Waals surface area contributed by atoms with E-state index in [0.29, 0.717) is 5.56 Å². The van der Waals surface area contributed by atoms with Crippen LogP contribution in [-0.4, -0.2) is 61.5 Å². The van der Waals surface area contributed by atoms with Gasteiger partial charge in [0.05, 0.1) is 19.8 Å². The van der Waals surface area contributed by atoms with E-state index in [-0.39, 0.29) is 55.0 Å². The number of carboxylic acids is 1. The van der Waals surface area contributed by atoms with Crippen LogP contribution in [0.25, 0.3) is 0 Å². The second-order valence-electron chi connectivity index (χ2n) is 11.6. The van der Waals surface area contributed by atoms with Crippen LogP contribution in [0.3, 0.4) is 0 Å². The number of carboxylic acid groups (broad SMARTS) is 1. The van der Waals surface area contributed by atoms with Gasteiger partial charge < -0.3 is 39.3 Å². The smallest absolute Gasteiger partial charge is 0.480 e. The molecule has 0 aromatic heterocycles. The minimum atomic E-state index is -1.42. The minimum absolute atomic E-state index is 0.00798. The Morgan fingerprint density at radius 3 is 1.82 bits per heavy atom. The maximum atomic E-state index is 12.3. The molecule has 226 valence electrons. The molecule has 1 rings (SSSR count). The highest BCUT2D eigenvalue weighted by Gasteiger charge is 2.31. The van der Waals surface area contributed by atoms with Crippen LogP contribution in [0.5, 0.6) is 11.5 Å². The lowest BCUT2D eigenvalue weighted by molar-refractivity contribution is -0.139. The van der Waals surface area contributed by atoms with Crippen molar-refractivity contribution in [2.24, 2.45) is 23.0 Å². The van der Waals surface area contributed by atoms with E-state index in [1.165, 1.54) is 18.2 Å². The van der Waals surface area contributed by atoms with Gasteiger partial charge in [0.2, 0.25) is 0 Å². The molecule has 3 N–H and O–H groups in total.